The number of hydrogen-bond donors (Lipinski definition) is 0. The first-order valence-corrected chi connectivity index (χ1v) is 6.35. The topological polar surface area (TPSA) is 17.1 Å². The van der Waals surface area contributed by atoms with Gasteiger partial charge in [-0.15, -0.1) is 0 Å². The molecule has 1 unspecified atom stereocenters. The van der Waals surface area contributed by atoms with Gasteiger partial charge in [-0.05, 0) is 30.7 Å². The standard InChI is InChI=1S/C16H20O/c1-13-5-7-14(8-6-13)9-11-16(2)10-3-4-15(17)12-16/h5-9,11H,3-4,10,12H2,1-2H3/b11-9+. The molecular formula is C16H20O. The average molecular weight is 228 g/mol. The fourth-order valence-electron chi connectivity index (χ4n) is 2.43. The van der Waals surface area contributed by atoms with Crippen LogP contribution in [-0.4, -0.2) is 5.78 Å². The molecule has 0 heterocycles. The second-order valence-corrected chi connectivity index (χ2v) is 5.47. The summed E-state index contributed by atoms with van der Waals surface area (Å²) < 4.78 is 0. The third kappa shape index (κ3) is 3.29. The SMILES string of the molecule is Cc1ccc(/C=C/C2(C)CCCC(=O)C2)cc1. The van der Waals surface area contributed by atoms with Crippen molar-refractivity contribution in [1.29, 1.82) is 0 Å². The highest BCUT2D eigenvalue weighted by Gasteiger charge is 2.28. The van der Waals surface area contributed by atoms with Crippen LogP contribution in [0, 0.1) is 12.3 Å². The highest BCUT2D eigenvalue weighted by molar-refractivity contribution is 5.80. The van der Waals surface area contributed by atoms with E-state index in [0.717, 1.165) is 19.3 Å². The van der Waals surface area contributed by atoms with Crippen LogP contribution in [0.2, 0.25) is 0 Å². The number of allylic oxidation sites excluding steroid dienone is 1. The second kappa shape index (κ2) is 4.87. The molecular weight excluding hydrogens is 208 g/mol. The van der Waals surface area contributed by atoms with E-state index in [9.17, 15) is 4.79 Å². The fraction of sp³-hybridized carbons (Fsp3) is 0.438. The van der Waals surface area contributed by atoms with Gasteiger partial charge in [0.05, 0.1) is 0 Å². The summed E-state index contributed by atoms with van der Waals surface area (Å²) >= 11 is 0. The molecule has 1 aromatic rings. The highest BCUT2D eigenvalue weighted by Crippen LogP contribution is 2.35. The molecule has 0 N–H and O–H groups in total. The van der Waals surface area contributed by atoms with E-state index >= 15 is 0 Å². The largest absolute Gasteiger partial charge is 0.300 e. The van der Waals surface area contributed by atoms with Crippen molar-refractivity contribution in [3.63, 3.8) is 0 Å². The molecule has 1 nitrogen and oxygen atoms in total. The van der Waals surface area contributed by atoms with Gasteiger partial charge in [-0.25, -0.2) is 0 Å². The number of carbonyl (C=O) groups excluding carboxylic acids is 1. The molecule has 0 aromatic heterocycles. The summed E-state index contributed by atoms with van der Waals surface area (Å²) in [5.41, 5.74) is 2.57. The summed E-state index contributed by atoms with van der Waals surface area (Å²) in [4.78, 5) is 11.5. The normalized spacial score (nSPS) is 25.4. The number of benzene rings is 1. The van der Waals surface area contributed by atoms with Gasteiger partial charge < -0.3 is 0 Å². The van der Waals surface area contributed by atoms with Crippen molar-refractivity contribution in [2.24, 2.45) is 5.41 Å². The Morgan fingerprint density at radius 3 is 2.59 bits per heavy atom. The van der Waals surface area contributed by atoms with Crippen LogP contribution < -0.4 is 0 Å². The minimum atomic E-state index is 0.0697. The van der Waals surface area contributed by atoms with Crippen molar-refractivity contribution in [3.05, 3.63) is 41.5 Å². The van der Waals surface area contributed by atoms with Gasteiger partial charge in [-0.2, -0.15) is 0 Å². The first-order valence-electron chi connectivity index (χ1n) is 6.35. The molecule has 0 bridgehead atoms. The third-order valence-electron chi connectivity index (χ3n) is 3.56. The number of ketones is 1. The van der Waals surface area contributed by atoms with Gasteiger partial charge in [0, 0.05) is 12.8 Å². The molecule has 0 radical (unpaired) electrons. The van der Waals surface area contributed by atoms with Gasteiger partial charge in [-0.3, -0.25) is 4.79 Å². The van der Waals surface area contributed by atoms with E-state index in [-0.39, 0.29) is 5.41 Å². The molecule has 0 spiro atoms. The minimum Gasteiger partial charge on any atom is -0.300 e. The smallest absolute Gasteiger partial charge is 0.133 e. The second-order valence-electron chi connectivity index (χ2n) is 5.47. The minimum absolute atomic E-state index is 0.0697. The summed E-state index contributed by atoms with van der Waals surface area (Å²) in [7, 11) is 0. The third-order valence-corrected chi connectivity index (χ3v) is 3.56. The molecule has 1 heteroatoms. The maximum Gasteiger partial charge on any atom is 0.133 e. The summed E-state index contributed by atoms with van der Waals surface area (Å²) in [6.45, 7) is 4.28. The van der Waals surface area contributed by atoms with Crippen LogP contribution in [0.5, 0.6) is 0 Å². The molecule has 1 aliphatic carbocycles. The first-order chi connectivity index (χ1) is 8.07. The summed E-state index contributed by atoms with van der Waals surface area (Å²) in [6, 6.07) is 8.49. The van der Waals surface area contributed by atoms with E-state index in [4.69, 9.17) is 0 Å². The van der Waals surface area contributed by atoms with E-state index in [1.807, 2.05) is 0 Å². The molecule has 2 rings (SSSR count). The Morgan fingerprint density at radius 1 is 1.24 bits per heavy atom. The number of rotatable bonds is 2. The Hall–Kier alpha value is -1.37. The lowest BCUT2D eigenvalue weighted by molar-refractivity contribution is -0.122. The lowest BCUT2D eigenvalue weighted by Gasteiger charge is -2.29. The van der Waals surface area contributed by atoms with Crippen molar-refractivity contribution >= 4 is 11.9 Å². The first kappa shape index (κ1) is 12.1. The molecule has 0 saturated heterocycles. The number of Topliss-reactive ketones (excluding diaryl/α,β-unsaturated/α-hetero) is 1. The molecule has 1 aromatic carbocycles. The lowest BCUT2D eigenvalue weighted by atomic mass is 9.75. The molecule has 90 valence electrons. The van der Waals surface area contributed by atoms with E-state index in [1.54, 1.807) is 0 Å². The Labute approximate surface area is 104 Å². The zero-order chi connectivity index (χ0) is 12.3. The zero-order valence-corrected chi connectivity index (χ0v) is 10.7. The van der Waals surface area contributed by atoms with E-state index in [1.165, 1.54) is 11.1 Å². The van der Waals surface area contributed by atoms with Crippen LogP contribution >= 0.6 is 0 Å². The quantitative estimate of drug-likeness (QED) is 0.743. The number of aryl methyl sites for hydroxylation is 1. The monoisotopic (exact) mass is 228 g/mol. The molecule has 17 heavy (non-hydrogen) atoms. The van der Waals surface area contributed by atoms with E-state index in [2.05, 4.69) is 50.3 Å². The van der Waals surface area contributed by atoms with Gasteiger partial charge >= 0.3 is 0 Å². The van der Waals surface area contributed by atoms with Crippen molar-refractivity contribution < 1.29 is 4.79 Å². The Kier molecular flexibility index (Phi) is 3.46. The van der Waals surface area contributed by atoms with E-state index < -0.39 is 0 Å². The van der Waals surface area contributed by atoms with Crippen LogP contribution in [0.3, 0.4) is 0 Å². The fourth-order valence-corrected chi connectivity index (χ4v) is 2.43. The Bertz CT molecular complexity index is 427. The van der Waals surface area contributed by atoms with E-state index in [0.29, 0.717) is 12.2 Å². The van der Waals surface area contributed by atoms with Gasteiger partial charge in [0.1, 0.15) is 5.78 Å². The maximum absolute atomic E-state index is 11.5. The predicted molar refractivity (Wildman–Crippen MR) is 71.8 cm³/mol. The number of carbonyl (C=O) groups is 1. The number of hydrogen-bond acceptors (Lipinski definition) is 1. The van der Waals surface area contributed by atoms with Crippen LogP contribution in [0.25, 0.3) is 6.08 Å². The van der Waals surface area contributed by atoms with Crippen molar-refractivity contribution in [2.45, 2.75) is 39.5 Å². The Balaban J connectivity index is 2.09. The zero-order valence-electron chi connectivity index (χ0n) is 10.7. The predicted octanol–water partition coefficient (Wildman–Crippen LogP) is 4.16. The van der Waals surface area contributed by atoms with Crippen LogP contribution in [0.1, 0.15) is 43.7 Å². The van der Waals surface area contributed by atoms with Gasteiger partial charge in [0.2, 0.25) is 0 Å². The summed E-state index contributed by atoms with van der Waals surface area (Å²) in [5, 5.41) is 0. The molecule has 0 amide bonds. The van der Waals surface area contributed by atoms with Crippen molar-refractivity contribution in [3.8, 4) is 0 Å². The highest BCUT2D eigenvalue weighted by atomic mass is 16.1. The molecule has 1 fully saturated rings. The van der Waals surface area contributed by atoms with Crippen LogP contribution in [-0.2, 0) is 4.79 Å². The Morgan fingerprint density at radius 2 is 1.94 bits per heavy atom. The van der Waals surface area contributed by atoms with Crippen molar-refractivity contribution in [1.82, 2.24) is 0 Å². The summed E-state index contributed by atoms with van der Waals surface area (Å²) in [6.07, 6.45) is 8.00. The van der Waals surface area contributed by atoms with Crippen molar-refractivity contribution in [2.75, 3.05) is 0 Å². The van der Waals surface area contributed by atoms with Gasteiger partial charge in [0.25, 0.3) is 0 Å². The molecule has 1 saturated carbocycles. The molecule has 1 atom stereocenters. The van der Waals surface area contributed by atoms with Gasteiger partial charge in [0.15, 0.2) is 0 Å². The van der Waals surface area contributed by atoms with Crippen LogP contribution in [0.4, 0.5) is 0 Å². The average Bonchev–Trinajstić information content (AvgIpc) is 2.28. The van der Waals surface area contributed by atoms with Gasteiger partial charge in [-0.1, -0.05) is 48.9 Å². The van der Waals surface area contributed by atoms with Crippen LogP contribution in [0.15, 0.2) is 30.3 Å². The molecule has 1 aliphatic rings. The maximum atomic E-state index is 11.5. The lowest BCUT2D eigenvalue weighted by Crippen LogP contribution is -2.23. The molecule has 0 aliphatic heterocycles. The summed E-state index contributed by atoms with van der Waals surface area (Å²) in [5.74, 6) is 0.410.